The summed E-state index contributed by atoms with van der Waals surface area (Å²) in [7, 11) is 1.61. The Morgan fingerprint density at radius 1 is 1.07 bits per heavy atom. The van der Waals surface area contributed by atoms with Crippen LogP contribution in [0.3, 0.4) is 0 Å². The topological polar surface area (TPSA) is 98.1 Å². The molecule has 0 bridgehead atoms. The second kappa shape index (κ2) is 9.74. The predicted molar refractivity (Wildman–Crippen MR) is 111 cm³/mol. The third-order valence-electron chi connectivity index (χ3n) is 3.92. The largest absolute Gasteiger partial charge is 0.497 e. The third-order valence-corrected chi connectivity index (χ3v) is 4.85. The summed E-state index contributed by atoms with van der Waals surface area (Å²) in [4.78, 5) is 23.5. The number of nitrogens with one attached hydrogen (secondary N) is 2. The van der Waals surface area contributed by atoms with Gasteiger partial charge in [0.25, 0.3) is 0 Å². The first-order valence-corrected chi connectivity index (χ1v) is 9.96. The average molecular weight is 411 g/mol. The van der Waals surface area contributed by atoms with Gasteiger partial charge in [0.05, 0.1) is 12.9 Å². The molecular weight excluding hydrogens is 390 g/mol. The number of carbonyl (C=O) groups excluding carboxylic acids is 2. The van der Waals surface area contributed by atoms with Crippen LogP contribution in [0.2, 0.25) is 0 Å². The summed E-state index contributed by atoms with van der Waals surface area (Å²) in [5, 5.41) is 13.9. The summed E-state index contributed by atoms with van der Waals surface area (Å²) in [6.45, 7) is 2.22. The first kappa shape index (κ1) is 20.4. The van der Waals surface area contributed by atoms with Crippen molar-refractivity contribution in [3.8, 4) is 22.8 Å². The van der Waals surface area contributed by atoms with E-state index in [1.807, 2.05) is 59.2 Å². The SMILES string of the molecule is CCNC(=O)NC(=O)CSc1nnc(-c2ccccc2)n1-c1ccc(OC)cc1. The van der Waals surface area contributed by atoms with Gasteiger partial charge >= 0.3 is 6.03 Å². The van der Waals surface area contributed by atoms with Crippen molar-refractivity contribution in [1.29, 1.82) is 0 Å². The van der Waals surface area contributed by atoms with Crippen molar-refractivity contribution in [2.24, 2.45) is 0 Å². The van der Waals surface area contributed by atoms with Crippen molar-refractivity contribution in [2.45, 2.75) is 12.1 Å². The summed E-state index contributed by atoms with van der Waals surface area (Å²) >= 11 is 1.20. The number of hydrogen-bond acceptors (Lipinski definition) is 6. The molecule has 1 aromatic heterocycles. The molecule has 2 N–H and O–H groups in total. The van der Waals surface area contributed by atoms with E-state index in [1.54, 1.807) is 14.0 Å². The van der Waals surface area contributed by atoms with E-state index in [-0.39, 0.29) is 5.75 Å². The lowest BCUT2D eigenvalue weighted by molar-refractivity contribution is -0.117. The van der Waals surface area contributed by atoms with Crippen molar-refractivity contribution >= 4 is 23.7 Å². The van der Waals surface area contributed by atoms with E-state index < -0.39 is 11.9 Å². The van der Waals surface area contributed by atoms with Gasteiger partial charge in [-0.3, -0.25) is 14.7 Å². The molecule has 9 heteroatoms. The number of hydrogen-bond donors (Lipinski definition) is 2. The van der Waals surface area contributed by atoms with Crippen molar-refractivity contribution in [3.63, 3.8) is 0 Å². The zero-order chi connectivity index (χ0) is 20.6. The molecule has 0 unspecified atom stereocenters. The maximum Gasteiger partial charge on any atom is 0.321 e. The molecule has 3 rings (SSSR count). The van der Waals surface area contributed by atoms with Gasteiger partial charge in [0.15, 0.2) is 11.0 Å². The molecule has 29 heavy (non-hydrogen) atoms. The Morgan fingerprint density at radius 3 is 2.45 bits per heavy atom. The fourth-order valence-corrected chi connectivity index (χ4v) is 3.35. The second-order valence-corrected chi connectivity index (χ2v) is 6.84. The molecule has 8 nitrogen and oxygen atoms in total. The van der Waals surface area contributed by atoms with Crippen LogP contribution in [0.1, 0.15) is 6.92 Å². The van der Waals surface area contributed by atoms with Gasteiger partial charge in [0.2, 0.25) is 5.91 Å². The van der Waals surface area contributed by atoms with Gasteiger partial charge in [0.1, 0.15) is 5.75 Å². The van der Waals surface area contributed by atoms with Crippen LogP contribution >= 0.6 is 11.8 Å². The molecule has 0 aliphatic heterocycles. The smallest absolute Gasteiger partial charge is 0.321 e. The van der Waals surface area contributed by atoms with E-state index in [1.165, 1.54) is 11.8 Å². The van der Waals surface area contributed by atoms with Crippen molar-refractivity contribution in [1.82, 2.24) is 25.4 Å². The number of ether oxygens (including phenoxy) is 1. The van der Waals surface area contributed by atoms with Crippen molar-refractivity contribution in [3.05, 3.63) is 54.6 Å². The molecule has 2 aromatic carbocycles. The second-order valence-electron chi connectivity index (χ2n) is 5.90. The van der Waals surface area contributed by atoms with E-state index in [9.17, 15) is 9.59 Å². The lowest BCUT2D eigenvalue weighted by atomic mass is 10.2. The van der Waals surface area contributed by atoms with Gasteiger partial charge in [0, 0.05) is 17.8 Å². The number of rotatable bonds is 7. The highest BCUT2D eigenvalue weighted by atomic mass is 32.2. The number of urea groups is 1. The minimum Gasteiger partial charge on any atom is -0.497 e. The number of amides is 3. The van der Waals surface area contributed by atoms with Crippen LogP contribution in [-0.2, 0) is 4.79 Å². The standard InChI is InChI=1S/C20H21N5O3S/c1-3-21-19(27)22-17(26)13-29-20-24-23-18(14-7-5-4-6-8-14)25(20)15-9-11-16(28-2)12-10-15/h4-12H,3,13H2,1-2H3,(H2,21,22,26,27). The highest BCUT2D eigenvalue weighted by Crippen LogP contribution is 2.28. The maximum absolute atomic E-state index is 12.0. The molecule has 0 fully saturated rings. The minimum atomic E-state index is -0.514. The van der Waals surface area contributed by atoms with E-state index in [4.69, 9.17) is 4.74 Å². The maximum atomic E-state index is 12.0. The minimum absolute atomic E-state index is 0.0280. The first-order chi connectivity index (χ1) is 14.1. The fraction of sp³-hybridized carbons (Fsp3) is 0.200. The van der Waals surface area contributed by atoms with E-state index >= 15 is 0 Å². The zero-order valence-corrected chi connectivity index (χ0v) is 16.9. The molecule has 0 atom stereocenters. The van der Waals surface area contributed by atoms with Crippen LogP contribution in [0, 0.1) is 0 Å². The Hall–Kier alpha value is -3.33. The molecule has 0 aliphatic carbocycles. The van der Waals surface area contributed by atoms with Crippen LogP contribution in [0.25, 0.3) is 17.1 Å². The predicted octanol–water partition coefficient (Wildman–Crippen LogP) is 2.88. The van der Waals surface area contributed by atoms with Crippen molar-refractivity contribution in [2.75, 3.05) is 19.4 Å². The number of methoxy groups -OCH3 is 1. The number of benzene rings is 2. The monoisotopic (exact) mass is 411 g/mol. The molecule has 0 radical (unpaired) electrons. The van der Waals surface area contributed by atoms with Crippen LogP contribution in [0.4, 0.5) is 4.79 Å². The van der Waals surface area contributed by atoms with Gasteiger partial charge in [-0.25, -0.2) is 4.79 Å². The Morgan fingerprint density at radius 2 is 1.79 bits per heavy atom. The number of imide groups is 1. The lowest BCUT2D eigenvalue weighted by Gasteiger charge is -2.11. The van der Waals surface area contributed by atoms with Crippen LogP contribution in [0.5, 0.6) is 5.75 Å². The van der Waals surface area contributed by atoms with E-state index in [2.05, 4.69) is 20.8 Å². The fourth-order valence-electron chi connectivity index (χ4n) is 2.60. The highest BCUT2D eigenvalue weighted by Gasteiger charge is 2.18. The van der Waals surface area contributed by atoms with Crippen LogP contribution in [0.15, 0.2) is 59.8 Å². The molecular formula is C20H21N5O3S. The Balaban J connectivity index is 1.88. The van der Waals surface area contributed by atoms with Crippen LogP contribution in [-0.4, -0.2) is 46.1 Å². The number of thioether (sulfide) groups is 1. The molecule has 1 heterocycles. The Bertz CT molecular complexity index is 974. The first-order valence-electron chi connectivity index (χ1n) is 8.98. The molecule has 0 saturated carbocycles. The quantitative estimate of drug-likeness (QED) is 0.580. The molecule has 3 aromatic rings. The van der Waals surface area contributed by atoms with Gasteiger partial charge < -0.3 is 10.1 Å². The van der Waals surface area contributed by atoms with E-state index in [0.29, 0.717) is 17.5 Å². The summed E-state index contributed by atoms with van der Waals surface area (Å²) in [5.74, 6) is 1.01. The van der Waals surface area contributed by atoms with Gasteiger partial charge in [-0.15, -0.1) is 10.2 Å². The summed E-state index contributed by atoms with van der Waals surface area (Å²) in [5.41, 5.74) is 1.73. The zero-order valence-electron chi connectivity index (χ0n) is 16.1. The van der Waals surface area contributed by atoms with E-state index in [0.717, 1.165) is 17.0 Å². The summed E-state index contributed by atoms with van der Waals surface area (Å²) in [6.07, 6.45) is 0. The summed E-state index contributed by atoms with van der Waals surface area (Å²) < 4.78 is 7.10. The molecule has 150 valence electrons. The molecule has 0 saturated heterocycles. The number of nitrogens with zero attached hydrogens (tertiary/aromatic N) is 3. The Kier molecular flexibility index (Phi) is 6.85. The third kappa shape index (κ3) is 5.14. The van der Waals surface area contributed by atoms with Gasteiger partial charge in [-0.1, -0.05) is 42.1 Å². The van der Waals surface area contributed by atoms with Gasteiger partial charge in [-0.2, -0.15) is 0 Å². The van der Waals surface area contributed by atoms with Crippen LogP contribution < -0.4 is 15.4 Å². The van der Waals surface area contributed by atoms with Gasteiger partial charge in [-0.05, 0) is 31.2 Å². The van der Waals surface area contributed by atoms with Crippen molar-refractivity contribution < 1.29 is 14.3 Å². The molecule has 3 amide bonds. The lowest BCUT2D eigenvalue weighted by Crippen LogP contribution is -2.40. The highest BCUT2D eigenvalue weighted by molar-refractivity contribution is 7.99. The number of carbonyl (C=O) groups is 2. The molecule has 0 spiro atoms. The molecule has 0 aliphatic rings. The average Bonchev–Trinajstić information content (AvgIpc) is 3.17. The Labute approximate surface area is 172 Å². The summed E-state index contributed by atoms with van der Waals surface area (Å²) in [6, 6.07) is 16.6. The number of aromatic nitrogens is 3. The normalized spacial score (nSPS) is 10.4.